The van der Waals surface area contributed by atoms with E-state index in [9.17, 15) is 0 Å². The molecule has 0 saturated carbocycles. The van der Waals surface area contributed by atoms with E-state index in [0.29, 0.717) is 0 Å². The predicted molar refractivity (Wildman–Crippen MR) is 89.0 cm³/mol. The highest BCUT2D eigenvalue weighted by Gasteiger charge is 2.21. The Bertz CT molecular complexity index is 663. The van der Waals surface area contributed by atoms with E-state index in [2.05, 4.69) is 49.7 Å². The fourth-order valence-corrected chi connectivity index (χ4v) is 3.44. The first-order valence-corrected chi connectivity index (χ1v) is 8.19. The smallest absolute Gasteiger partial charge is 0.0739 e. The number of benzene rings is 1. The fraction of sp³-hybridized carbons (Fsp3) is 0.438. The lowest BCUT2D eigenvalue weighted by molar-refractivity contribution is 0.238. The largest absolute Gasteiger partial charge is 0.398 e. The van der Waals surface area contributed by atoms with Gasteiger partial charge in [0.05, 0.1) is 15.9 Å². The number of fused-ring (bicyclic) bond motifs is 1. The zero-order valence-corrected chi connectivity index (χ0v) is 14.2. The molecule has 1 aromatic heterocycles. The summed E-state index contributed by atoms with van der Waals surface area (Å²) in [6, 6.07) is 6.24. The second-order valence-electron chi connectivity index (χ2n) is 5.61. The van der Waals surface area contributed by atoms with Crippen molar-refractivity contribution in [2.75, 3.05) is 12.3 Å². The molecule has 3 rings (SSSR count). The zero-order valence-electron chi connectivity index (χ0n) is 12.6. The summed E-state index contributed by atoms with van der Waals surface area (Å²) in [5.41, 5.74) is 12.0. The summed E-state index contributed by atoms with van der Waals surface area (Å²) >= 11 is 3.68. The number of halogens is 1. The molecular formula is C16H21BrN4. The molecule has 0 aliphatic carbocycles. The van der Waals surface area contributed by atoms with Crippen LogP contribution in [0.15, 0.2) is 22.7 Å². The Hall–Kier alpha value is -1.33. The Morgan fingerprint density at radius 3 is 2.95 bits per heavy atom. The van der Waals surface area contributed by atoms with Crippen LogP contribution in [-0.2, 0) is 26.1 Å². The van der Waals surface area contributed by atoms with Crippen LogP contribution in [0.5, 0.6) is 0 Å². The van der Waals surface area contributed by atoms with Crippen molar-refractivity contribution in [1.82, 2.24) is 14.7 Å². The van der Waals surface area contributed by atoms with Crippen molar-refractivity contribution in [2.24, 2.45) is 0 Å². The summed E-state index contributed by atoms with van der Waals surface area (Å²) in [5, 5.41) is 4.57. The molecule has 2 N–H and O–H groups in total. The first-order valence-electron chi connectivity index (χ1n) is 7.40. The van der Waals surface area contributed by atoms with E-state index in [1.54, 1.807) is 0 Å². The van der Waals surface area contributed by atoms with Gasteiger partial charge < -0.3 is 5.73 Å². The third-order valence-corrected chi connectivity index (χ3v) is 5.25. The molecule has 0 fully saturated rings. The van der Waals surface area contributed by atoms with E-state index in [1.807, 2.05) is 13.0 Å². The number of anilines is 1. The molecule has 0 unspecified atom stereocenters. The lowest BCUT2D eigenvalue weighted by Gasteiger charge is -2.29. The molecule has 0 bridgehead atoms. The summed E-state index contributed by atoms with van der Waals surface area (Å²) in [6.45, 7) is 7.96. The van der Waals surface area contributed by atoms with E-state index >= 15 is 0 Å². The van der Waals surface area contributed by atoms with Crippen molar-refractivity contribution in [2.45, 2.75) is 39.9 Å². The molecule has 1 aromatic carbocycles. The summed E-state index contributed by atoms with van der Waals surface area (Å²) in [6.07, 6.45) is 1.07. The topological polar surface area (TPSA) is 47.1 Å². The van der Waals surface area contributed by atoms with Gasteiger partial charge in [-0.2, -0.15) is 5.10 Å². The van der Waals surface area contributed by atoms with Gasteiger partial charge in [0.15, 0.2) is 0 Å². The van der Waals surface area contributed by atoms with Gasteiger partial charge in [0.1, 0.15) is 0 Å². The second kappa shape index (κ2) is 5.81. The van der Waals surface area contributed by atoms with Gasteiger partial charge in [0.2, 0.25) is 0 Å². The summed E-state index contributed by atoms with van der Waals surface area (Å²) in [7, 11) is 0. The number of hydrogen-bond acceptors (Lipinski definition) is 3. The quantitative estimate of drug-likeness (QED) is 0.867. The van der Waals surface area contributed by atoms with Crippen LogP contribution in [0.2, 0.25) is 0 Å². The van der Waals surface area contributed by atoms with Crippen molar-refractivity contribution >= 4 is 21.6 Å². The highest BCUT2D eigenvalue weighted by atomic mass is 79.9. The SMILES string of the molecule is CCn1nc(C)c(Br)c1CN1CCc2cccc(N)c2C1. The standard InChI is InChI=1S/C16H21BrN4/c1-3-21-15(16(17)11(2)19-21)10-20-8-7-12-5-4-6-14(18)13(12)9-20/h4-6H,3,7-10,18H2,1-2H3. The van der Waals surface area contributed by atoms with Gasteiger partial charge in [0, 0.05) is 31.9 Å². The maximum absolute atomic E-state index is 6.13. The molecule has 0 spiro atoms. The van der Waals surface area contributed by atoms with Gasteiger partial charge in [-0.1, -0.05) is 12.1 Å². The zero-order chi connectivity index (χ0) is 15.0. The summed E-state index contributed by atoms with van der Waals surface area (Å²) < 4.78 is 3.22. The molecule has 1 aliphatic rings. The molecule has 5 heteroatoms. The maximum atomic E-state index is 6.13. The molecule has 21 heavy (non-hydrogen) atoms. The Morgan fingerprint density at radius 2 is 2.19 bits per heavy atom. The summed E-state index contributed by atoms with van der Waals surface area (Å²) in [5.74, 6) is 0. The highest BCUT2D eigenvalue weighted by molar-refractivity contribution is 9.10. The number of rotatable bonds is 3. The van der Waals surface area contributed by atoms with Crippen LogP contribution in [0.4, 0.5) is 5.69 Å². The normalized spacial score (nSPS) is 15.2. The van der Waals surface area contributed by atoms with Crippen molar-refractivity contribution in [1.29, 1.82) is 0 Å². The van der Waals surface area contributed by atoms with Gasteiger partial charge >= 0.3 is 0 Å². The minimum absolute atomic E-state index is 0.897. The fourth-order valence-electron chi connectivity index (χ4n) is 3.03. The number of hydrogen-bond donors (Lipinski definition) is 1. The average Bonchev–Trinajstić information content (AvgIpc) is 2.76. The first kappa shape index (κ1) is 14.6. The van der Waals surface area contributed by atoms with Crippen LogP contribution in [0.25, 0.3) is 0 Å². The minimum atomic E-state index is 0.897. The number of aromatic nitrogens is 2. The van der Waals surface area contributed by atoms with Crippen molar-refractivity contribution in [3.63, 3.8) is 0 Å². The van der Waals surface area contributed by atoms with Crippen LogP contribution in [0, 0.1) is 6.92 Å². The maximum Gasteiger partial charge on any atom is 0.0739 e. The molecule has 2 aromatic rings. The number of nitrogen functional groups attached to an aromatic ring is 1. The minimum Gasteiger partial charge on any atom is -0.398 e. The van der Waals surface area contributed by atoms with Crippen LogP contribution >= 0.6 is 15.9 Å². The molecule has 1 aliphatic heterocycles. The van der Waals surface area contributed by atoms with Gasteiger partial charge in [-0.25, -0.2) is 0 Å². The molecule has 2 heterocycles. The third-order valence-electron chi connectivity index (χ3n) is 4.21. The van der Waals surface area contributed by atoms with E-state index in [-0.39, 0.29) is 0 Å². The van der Waals surface area contributed by atoms with Gasteiger partial charge in [-0.05, 0) is 53.4 Å². The number of aryl methyl sites for hydroxylation is 2. The monoisotopic (exact) mass is 348 g/mol. The highest BCUT2D eigenvalue weighted by Crippen LogP contribution is 2.28. The van der Waals surface area contributed by atoms with Crippen molar-refractivity contribution in [3.8, 4) is 0 Å². The number of nitrogens with zero attached hydrogens (tertiary/aromatic N) is 3. The number of nitrogens with two attached hydrogens (primary N) is 1. The molecule has 0 atom stereocenters. The Labute approximate surface area is 134 Å². The molecule has 0 radical (unpaired) electrons. The van der Waals surface area contributed by atoms with Gasteiger partial charge in [0.25, 0.3) is 0 Å². The first-order chi connectivity index (χ1) is 10.1. The lowest BCUT2D eigenvalue weighted by Crippen LogP contribution is -2.31. The van der Waals surface area contributed by atoms with Crippen LogP contribution in [0.1, 0.15) is 29.4 Å². The Kier molecular flexibility index (Phi) is 4.04. The second-order valence-corrected chi connectivity index (χ2v) is 6.40. The van der Waals surface area contributed by atoms with E-state index < -0.39 is 0 Å². The van der Waals surface area contributed by atoms with Crippen LogP contribution in [0.3, 0.4) is 0 Å². The van der Waals surface area contributed by atoms with Gasteiger partial charge in [-0.15, -0.1) is 0 Å². The third kappa shape index (κ3) is 2.72. The molecule has 0 amide bonds. The molecule has 4 nitrogen and oxygen atoms in total. The summed E-state index contributed by atoms with van der Waals surface area (Å²) in [4.78, 5) is 2.45. The molecule has 0 saturated heterocycles. The van der Waals surface area contributed by atoms with E-state index in [1.165, 1.54) is 16.8 Å². The predicted octanol–water partition coefficient (Wildman–Crippen LogP) is 3.11. The average molecular weight is 349 g/mol. The van der Waals surface area contributed by atoms with Crippen molar-refractivity contribution < 1.29 is 0 Å². The van der Waals surface area contributed by atoms with E-state index in [0.717, 1.165) is 48.5 Å². The van der Waals surface area contributed by atoms with Gasteiger partial charge in [-0.3, -0.25) is 9.58 Å². The molecule has 112 valence electrons. The Morgan fingerprint density at radius 1 is 1.38 bits per heavy atom. The van der Waals surface area contributed by atoms with Crippen LogP contribution in [-0.4, -0.2) is 21.2 Å². The lowest BCUT2D eigenvalue weighted by atomic mass is 9.98. The van der Waals surface area contributed by atoms with E-state index in [4.69, 9.17) is 5.73 Å². The molecular weight excluding hydrogens is 328 g/mol. The Balaban J connectivity index is 1.83. The van der Waals surface area contributed by atoms with Crippen LogP contribution < -0.4 is 5.73 Å². The van der Waals surface area contributed by atoms with Crippen molar-refractivity contribution in [3.05, 3.63) is 45.2 Å².